The summed E-state index contributed by atoms with van der Waals surface area (Å²) >= 11 is 0. The van der Waals surface area contributed by atoms with Crippen molar-refractivity contribution >= 4 is 11.6 Å². The maximum Gasteiger partial charge on any atom is 0.234 e. The second-order valence-electron chi connectivity index (χ2n) is 5.68. The lowest BCUT2D eigenvalue weighted by Crippen LogP contribution is -2.50. The van der Waals surface area contributed by atoms with Crippen LogP contribution in [0.2, 0.25) is 0 Å². The van der Waals surface area contributed by atoms with Crippen LogP contribution in [0.25, 0.3) is 0 Å². The van der Waals surface area contributed by atoms with Crippen molar-refractivity contribution in [2.45, 2.75) is 33.6 Å². The Labute approximate surface area is 116 Å². The summed E-state index contributed by atoms with van der Waals surface area (Å²) in [6.45, 7) is 8.73. The van der Waals surface area contributed by atoms with Crippen molar-refractivity contribution in [1.82, 2.24) is 5.32 Å². The molecule has 0 bridgehead atoms. The van der Waals surface area contributed by atoms with E-state index in [9.17, 15) is 4.79 Å². The Bertz CT molecular complexity index is 450. The Morgan fingerprint density at radius 1 is 1.42 bits per heavy atom. The summed E-state index contributed by atoms with van der Waals surface area (Å²) in [6, 6.07) is 8.11. The zero-order valence-corrected chi connectivity index (χ0v) is 12.2. The molecule has 1 atom stereocenters. The highest BCUT2D eigenvalue weighted by Crippen LogP contribution is 2.31. The Morgan fingerprint density at radius 3 is 2.74 bits per heavy atom. The molecule has 1 N–H and O–H groups in total. The van der Waals surface area contributed by atoms with Crippen LogP contribution in [0.3, 0.4) is 0 Å². The molecule has 1 heterocycles. The zero-order valence-electron chi connectivity index (χ0n) is 12.2. The molecule has 104 valence electrons. The lowest BCUT2D eigenvalue weighted by molar-refractivity contribution is -0.128. The molecule has 1 aliphatic rings. The van der Waals surface area contributed by atoms with E-state index in [2.05, 4.69) is 25.2 Å². The van der Waals surface area contributed by atoms with Gasteiger partial charge >= 0.3 is 0 Å². The summed E-state index contributed by atoms with van der Waals surface area (Å²) in [5, 5.41) is 3.35. The van der Waals surface area contributed by atoms with Gasteiger partial charge in [-0.3, -0.25) is 4.79 Å². The molecule has 1 amide bonds. The quantitative estimate of drug-likeness (QED) is 0.906. The first-order valence-corrected chi connectivity index (χ1v) is 7.17. The monoisotopic (exact) mass is 260 g/mol. The number of hydrogen-bond acceptors (Lipinski definition) is 2. The highest BCUT2D eigenvalue weighted by atomic mass is 16.2. The largest absolute Gasteiger partial charge is 0.316 e. The van der Waals surface area contributed by atoms with Crippen molar-refractivity contribution in [2.75, 3.05) is 24.5 Å². The van der Waals surface area contributed by atoms with E-state index in [-0.39, 0.29) is 11.3 Å². The van der Waals surface area contributed by atoms with E-state index in [0.717, 1.165) is 43.7 Å². The second kappa shape index (κ2) is 5.74. The molecule has 19 heavy (non-hydrogen) atoms. The molecule has 2 rings (SSSR count). The number of carbonyl (C=O) groups is 1. The Kier molecular flexibility index (Phi) is 4.25. The van der Waals surface area contributed by atoms with E-state index < -0.39 is 0 Å². The van der Waals surface area contributed by atoms with Crippen LogP contribution in [-0.2, 0) is 4.79 Å². The smallest absolute Gasteiger partial charge is 0.234 e. The van der Waals surface area contributed by atoms with Crippen molar-refractivity contribution in [3.63, 3.8) is 0 Å². The highest BCUT2D eigenvalue weighted by molar-refractivity contribution is 5.98. The topological polar surface area (TPSA) is 32.3 Å². The molecule has 1 fully saturated rings. The highest BCUT2D eigenvalue weighted by Gasteiger charge is 2.38. The van der Waals surface area contributed by atoms with Gasteiger partial charge in [0, 0.05) is 18.8 Å². The molecule has 0 aliphatic carbocycles. The molecule has 1 saturated heterocycles. The van der Waals surface area contributed by atoms with Gasteiger partial charge in [-0.05, 0) is 51.8 Å². The standard InChI is InChI=1S/C16H24N2O/c1-4-18(14-9-6-5-8-13(14)2)15(19)16(3)10-7-11-17-12-16/h5-6,8-9,17H,4,7,10-12H2,1-3H3. The molecule has 3 nitrogen and oxygen atoms in total. The van der Waals surface area contributed by atoms with Gasteiger partial charge in [0.25, 0.3) is 0 Å². The number of anilines is 1. The Morgan fingerprint density at radius 2 is 2.16 bits per heavy atom. The number of rotatable bonds is 3. The minimum Gasteiger partial charge on any atom is -0.316 e. The molecule has 0 aromatic heterocycles. The third-order valence-electron chi connectivity index (χ3n) is 4.08. The number of hydrogen-bond donors (Lipinski definition) is 1. The fourth-order valence-corrected chi connectivity index (χ4v) is 2.85. The van der Waals surface area contributed by atoms with Crippen LogP contribution < -0.4 is 10.2 Å². The summed E-state index contributed by atoms with van der Waals surface area (Å²) in [4.78, 5) is 14.8. The number of para-hydroxylation sites is 1. The van der Waals surface area contributed by atoms with Crippen molar-refractivity contribution in [2.24, 2.45) is 5.41 Å². The maximum absolute atomic E-state index is 12.9. The summed E-state index contributed by atoms with van der Waals surface area (Å²) < 4.78 is 0. The van der Waals surface area contributed by atoms with Gasteiger partial charge in [-0.25, -0.2) is 0 Å². The summed E-state index contributed by atoms with van der Waals surface area (Å²) in [7, 11) is 0. The van der Waals surface area contributed by atoms with E-state index in [1.165, 1.54) is 0 Å². The van der Waals surface area contributed by atoms with Crippen LogP contribution in [0.15, 0.2) is 24.3 Å². The first-order chi connectivity index (χ1) is 9.08. The van der Waals surface area contributed by atoms with Gasteiger partial charge in [0.2, 0.25) is 5.91 Å². The van der Waals surface area contributed by atoms with Gasteiger partial charge < -0.3 is 10.2 Å². The molecule has 0 spiro atoms. The van der Waals surface area contributed by atoms with Crippen LogP contribution in [0.1, 0.15) is 32.3 Å². The first-order valence-electron chi connectivity index (χ1n) is 7.17. The lowest BCUT2D eigenvalue weighted by Gasteiger charge is -2.37. The van der Waals surface area contributed by atoms with E-state index in [4.69, 9.17) is 0 Å². The molecule has 0 radical (unpaired) electrons. The van der Waals surface area contributed by atoms with Crippen molar-refractivity contribution in [3.05, 3.63) is 29.8 Å². The number of nitrogens with one attached hydrogen (secondary N) is 1. The van der Waals surface area contributed by atoms with Crippen molar-refractivity contribution < 1.29 is 4.79 Å². The van der Waals surface area contributed by atoms with Gasteiger partial charge in [-0.15, -0.1) is 0 Å². The van der Waals surface area contributed by atoms with Gasteiger partial charge in [0.1, 0.15) is 0 Å². The molecule has 0 saturated carbocycles. The normalized spacial score (nSPS) is 23.1. The molecule has 1 aromatic rings. The predicted molar refractivity (Wildman–Crippen MR) is 79.4 cm³/mol. The number of benzene rings is 1. The fourth-order valence-electron chi connectivity index (χ4n) is 2.85. The zero-order chi connectivity index (χ0) is 13.9. The third kappa shape index (κ3) is 2.81. The Hall–Kier alpha value is -1.35. The van der Waals surface area contributed by atoms with E-state index in [0.29, 0.717) is 0 Å². The number of aryl methyl sites for hydroxylation is 1. The van der Waals surface area contributed by atoms with Gasteiger partial charge in [0.15, 0.2) is 0 Å². The fraction of sp³-hybridized carbons (Fsp3) is 0.562. The summed E-state index contributed by atoms with van der Waals surface area (Å²) in [5.41, 5.74) is 1.93. The van der Waals surface area contributed by atoms with E-state index in [1.807, 2.05) is 30.0 Å². The van der Waals surface area contributed by atoms with Gasteiger partial charge in [-0.1, -0.05) is 18.2 Å². The SMILES string of the molecule is CCN(C(=O)C1(C)CCCNC1)c1ccccc1C. The van der Waals surface area contributed by atoms with Gasteiger partial charge in [-0.2, -0.15) is 0 Å². The number of nitrogens with zero attached hydrogens (tertiary/aromatic N) is 1. The van der Waals surface area contributed by atoms with E-state index >= 15 is 0 Å². The van der Waals surface area contributed by atoms with Crippen molar-refractivity contribution in [1.29, 1.82) is 0 Å². The average molecular weight is 260 g/mol. The number of amides is 1. The molecular weight excluding hydrogens is 236 g/mol. The molecule has 3 heteroatoms. The number of carbonyl (C=O) groups excluding carboxylic acids is 1. The average Bonchev–Trinajstić information content (AvgIpc) is 2.42. The van der Waals surface area contributed by atoms with E-state index in [1.54, 1.807) is 0 Å². The van der Waals surface area contributed by atoms with Crippen LogP contribution >= 0.6 is 0 Å². The summed E-state index contributed by atoms with van der Waals surface area (Å²) in [5.74, 6) is 0.247. The summed E-state index contributed by atoms with van der Waals surface area (Å²) in [6.07, 6.45) is 2.05. The minimum atomic E-state index is -0.267. The van der Waals surface area contributed by atoms with Crippen molar-refractivity contribution in [3.8, 4) is 0 Å². The second-order valence-corrected chi connectivity index (χ2v) is 5.68. The van der Waals surface area contributed by atoms with Crippen LogP contribution in [0.5, 0.6) is 0 Å². The van der Waals surface area contributed by atoms with Crippen LogP contribution in [-0.4, -0.2) is 25.5 Å². The molecule has 1 aromatic carbocycles. The minimum absolute atomic E-state index is 0.247. The Balaban J connectivity index is 2.27. The maximum atomic E-state index is 12.9. The van der Waals surface area contributed by atoms with Crippen LogP contribution in [0.4, 0.5) is 5.69 Å². The van der Waals surface area contributed by atoms with Crippen LogP contribution in [0, 0.1) is 12.3 Å². The van der Waals surface area contributed by atoms with Gasteiger partial charge in [0.05, 0.1) is 5.41 Å². The first kappa shape index (κ1) is 14.1. The number of piperidine rings is 1. The molecule has 1 unspecified atom stereocenters. The predicted octanol–water partition coefficient (Wildman–Crippen LogP) is 2.74. The molecule has 1 aliphatic heterocycles. The third-order valence-corrected chi connectivity index (χ3v) is 4.08. The molecular formula is C16H24N2O. The lowest BCUT2D eigenvalue weighted by atomic mass is 9.81.